The van der Waals surface area contributed by atoms with Gasteiger partial charge in [0, 0.05) is 49.8 Å². The van der Waals surface area contributed by atoms with Crippen molar-refractivity contribution >= 4 is 16.9 Å². The Hall–Kier alpha value is -3.32. The van der Waals surface area contributed by atoms with Crippen LogP contribution < -0.4 is 4.90 Å². The van der Waals surface area contributed by atoms with Crippen LogP contribution in [-0.2, 0) is 0 Å². The molecule has 1 aliphatic heterocycles. The molecule has 0 unspecified atom stereocenters. The number of fused-ring (bicyclic) bond motifs is 1. The summed E-state index contributed by atoms with van der Waals surface area (Å²) < 4.78 is 15.5. The highest BCUT2D eigenvalue weighted by atomic mass is 19.1. The Balaban J connectivity index is 1.52. The number of aromatic nitrogens is 4. The van der Waals surface area contributed by atoms with Crippen LogP contribution in [0, 0.1) is 5.82 Å². The van der Waals surface area contributed by atoms with Crippen molar-refractivity contribution in [3.8, 4) is 17.1 Å². The van der Waals surface area contributed by atoms with E-state index in [1.54, 1.807) is 24.5 Å². The maximum Gasteiger partial charge on any atom is 0.147 e. The topological polar surface area (TPSA) is 50.1 Å². The van der Waals surface area contributed by atoms with Gasteiger partial charge in [0.15, 0.2) is 0 Å². The maximum atomic E-state index is 13.5. The third-order valence-corrected chi connectivity index (χ3v) is 5.69. The monoisotopic (exact) mass is 402 g/mol. The van der Waals surface area contributed by atoms with Crippen molar-refractivity contribution in [1.82, 2.24) is 24.4 Å². The number of pyridine rings is 2. The largest absolute Gasteiger partial charge is 0.354 e. The Labute approximate surface area is 174 Å². The number of piperazine rings is 1. The lowest BCUT2D eigenvalue weighted by Gasteiger charge is -2.34. The Morgan fingerprint density at radius 2 is 1.73 bits per heavy atom. The molecule has 0 aliphatic carbocycles. The molecule has 0 amide bonds. The fourth-order valence-corrected chi connectivity index (χ4v) is 3.97. The van der Waals surface area contributed by atoms with E-state index in [-0.39, 0.29) is 5.82 Å². The van der Waals surface area contributed by atoms with E-state index in [0.717, 1.165) is 66.7 Å². The number of imidazole rings is 1. The van der Waals surface area contributed by atoms with Crippen molar-refractivity contribution in [1.29, 1.82) is 0 Å². The van der Waals surface area contributed by atoms with Crippen LogP contribution in [0.5, 0.6) is 0 Å². The Bertz CT molecular complexity index is 1140. The van der Waals surface area contributed by atoms with Gasteiger partial charge in [-0.3, -0.25) is 9.55 Å². The third kappa shape index (κ3) is 3.41. The van der Waals surface area contributed by atoms with Gasteiger partial charge >= 0.3 is 0 Å². The second-order valence-electron chi connectivity index (χ2n) is 7.44. The minimum Gasteiger partial charge on any atom is -0.354 e. The number of hydrogen-bond donors (Lipinski definition) is 0. The number of anilines is 1. The molecule has 0 bridgehead atoms. The fourth-order valence-electron chi connectivity index (χ4n) is 3.97. The molecule has 0 N–H and O–H groups in total. The molecule has 152 valence electrons. The highest BCUT2D eigenvalue weighted by molar-refractivity contribution is 5.82. The van der Waals surface area contributed by atoms with Crippen molar-refractivity contribution in [3.05, 3.63) is 66.9 Å². The van der Waals surface area contributed by atoms with Crippen LogP contribution in [-0.4, -0.2) is 57.1 Å². The van der Waals surface area contributed by atoms with Crippen LogP contribution in [0.2, 0.25) is 0 Å². The quantitative estimate of drug-likeness (QED) is 0.520. The van der Waals surface area contributed by atoms with Gasteiger partial charge in [0.1, 0.15) is 17.5 Å². The van der Waals surface area contributed by atoms with Crippen molar-refractivity contribution in [2.45, 2.75) is 6.92 Å². The molecule has 0 radical (unpaired) electrons. The normalized spacial score (nSPS) is 15.1. The summed E-state index contributed by atoms with van der Waals surface area (Å²) in [6, 6.07) is 12.4. The van der Waals surface area contributed by atoms with E-state index in [1.165, 1.54) is 12.1 Å². The van der Waals surface area contributed by atoms with E-state index in [2.05, 4.69) is 33.8 Å². The first-order valence-electron chi connectivity index (χ1n) is 10.2. The summed E-state index contributed by atoms with van der Waals surface area (Å²) in [5.41, 5.74) is 3.45. The van der Waals surface area contributed by atoms with Crippen molar-refractivity contribution in [2.75, 3.05) is 37.6 Å². The molecule has 3 aromatic heterocycles. The zero-order valence-electron chi connectivity index (χ0n) is 16.9. The number of hydrogen-bond acceptors (Lipinski definition) is 5. The molecular weight excluding hydrogens is 379 g/mol. The lowest BCUT2D eigenvalue weighted by molar-refractivity contribution is 0.270. The van der Waals surface area contributed by atoms with E-state index < -0.39 is 0 Å². The van der Waals surface area contributed by atoms with E-state index >= 15 is 0 Å². The molecule has 7 heteroatoms. The highest BCUT2D eigenvalue weighted by Crippen LogP contribution is 2.29. The molecular formula is C23H23FN6. The number of likely N-dealkylation sites (N-methyl/N-ethyl adjacent to an activating group) is 1. The molecule has 1 fully saturated rings. The first kappa shape index (κ1) is 18.7. The average Bonchev–Trinajstić information content (AvgIpc) is 3.19. The molecule has 1 saturated heterocycles. The molecule has 0 atom stereocenters. The van der Waals surface area contributed by atoms with Gasteiger partial charge < -0.3 is 9.80 Å². The minimum absolute atomic E-state index is 0.267. The standard InChI is InChI=1S/C23H23FN6/c1-2-28-11-13-29(14-12-28)22-8-3-17(15-26-22)23-27-20-9-10-25-16-21(20)30(23)19-6-4-18(24)5-7-19/h3-10,15-16H,2,11-14H2,1H3. The molecule has 30 heavy (non-hydrogen) atoms. The van der Waals surface area contributed by atoms with Gasteiger partial charge in [0.25, 0.3) is 0 Å². The van der Waals surface area contributed by atoms with Crippen LogP contribution in [0.1, 0.15) is 6.92 Å². The fraction of sp³-hybridized carbons (Fsp3) is 0.261. The van der Waals surface area contributed by atoms with Gasteiger partial charge in [-0.2, -0.15) is 0 Å². The second kappa shape index (κ2) is 7.84. The Morgan fingerprint density at radius 3 is 2.43 bits per heavy atom. The second-order valence-corrected chi connectivity index (χ2v) is 7.44. The van der Waals surface area contributed by atoms with E-state index in [4.69, 9.17) is 9.97 Å². The van der Waals surface area contributed by atoms with Crippen LogP contribution in [0.15, 0.2) is 61.1 Å². The van der Waals surface area contributed by atoms with Gasteiger partial charge in [-0.1, -0.05) is 6.92 Å². The van der Waals surface area contributed by atoms with E-state index in [0.29, 0.717) is 0 Å². The molecule has 1 aromatic carbocycles. The predicted molar refractivity (Wildman–Crippen MR) is 116 cm³/mol. The summed E-state index contributed by atoms with van der Waals surface area (Å²) in [5, 5.41) is 0. The molecule has 5 rings (SSSR count). The Morgan fingerprint density at radius 1 is 0.933 bits per heavy atom. The zero-order chi connectivity index (χ0) is 20.5. The zero-order valence-corrected chi connectivity index (χ0v) is 16.9. The van der Waals surface area contributed by atoms with Crippen molar-refractivity contribution in [3.63, 3.8) is 0 Å². The van der Waals surface area contributed by atoms with Gasteiger partial charge in [0.2, 0.25) is 0 Å². The summed E-state index contributed by atoms with van der Waals surface area (Å²) in [7, 11) is 0. The van der Waals surface area contributed by atoms with Gasteiger partial charge in [-0.05, 0) is 49.0 Å². The number of rotatable bonds is 4. The summed E-state index contributed by atoms with van der Waals surface area (Å²) in [6.07, 6.45) is 5.38. The average molecular weight is 402 g/mol. The summed E-state index contributed by atoms with van der Waals surface area (Å²) in [5.74, 6) is 1.48. The van der Waals surface area contributed by atoms with E-state index in [1.807, 2.05) is 16.8 Å². The molecule has 0 saturated carbocycles. The molecule has 4 aromatic rings. The molecule has 1 aliphatic rings. The number of benzene rings is 1. The number of halogens is 1. The van der Waals surface area contributed by atoms with Crippen molar-refractivity contribution in [2.24, 2.45) is 0 Å². The smallest absolute Gasteiger partial charge is 0.147 e. The van der Waals surface area contributed by atoms with Crippen LogP contribution in [0.25, 0.3) is 28.1 Å². The minimum atomic E-state index is -0.267. The van der Waals surface area contributed by atoms with Gasteiger partial charge in [-0.25, -0.2) is 14.4 Å². The van der Waals surface area contributed by atoms with Crippen LogP contribution in [0.4, 0.5) is 10.2 Å². The third-order valence-electron chi connectivity index (χ3n) is 5.69. The van der Waals surface area contributed by atoms with Crippen LogP contribution in [0.3, 0.4) is 0 Å². The van der Waals surface area contributed by atoms with Crippen molar-refractivity contribution < 1.29 is 4.39 Å². The summed E-state index contributed by atoms with van der Waals surface area (Å²) in [4.78, 5) is 18.6. The maximum absolute atomic E-state index is 13.5. The van der Waals surface area contributed by atoms with Crippen LogP contribution >= 0.6 is 0 Å². The Kier molecular flexibility index (Phi) is 4.88. The molecule has 6 nitrogen and oxygen atoms in total. The lowest BCUT2D eigenvalue weighted by Crippen LogP contribution is -2.46. The van der Waals surface area contributed by atoms with E-state index in [9.17, 15) is 4.39 Å². The van der Waals surface area contributed by atoms with Gasteiger partial charge in [0.05, 0.1) is 17.2 Å². The summed E-state index contributed by atoms with van der Waals surface area (Å²) in [6.45, 7) is 7.39. The first-order chi connectivity index (χ1) is 14.7. The molecule has 4 heterocycles. The van der Waals surface area contributed by atoms with Gasteiger partial charge in [-0.15, -0.1) is 0 Å². The SMILES string of the molecule is CCN1CCN(c2ccc(-c3nc4ccncc4n3-c3ccc(F)cc3)cn2)CC1. The number of nitrogens with zero attached hydrogens (tertiary/aromatic N) is 6. The molecule has 0 spiro atoms. The summed E-state index contributed by atoms with van der Waals surface area (Å²) >= 11 is 0. The highest BCUT2D eigenvalue weighted by Gasteiger charge is 2.18. The predicted octanol–water partition coefficient (Wildman–Crippen LogP) is 3.76. The first-order valence-corrected chi connectivity index (χ1v) is 10.2. The lowest BCUT2D eigenvalue weighted by atomic mass is 10.2.